The van der Waals surface area contributed by atoms with Crippen LogP contribution in [0.3, 0.4) is 0 Å². The Morgan fingerprint density at radius 2 is 1.48 bits per heavy atom. The number of ether oxygens (including phenoxy) is 1. The van der Waals surface area contributed by atoms with Gasteiger partial charge in [0.25, 0.3) is 11.8 Å². The van der Waals surface area contributed by atoms with Crippen LogP contribution in [0.1, 0.15) is 38.3 Å². The van der Waals surface area contributed by atoms with Gasteiger partial charge < -0.3 is 14.5 Å². The molecule has 3 rings (SSSR count). The van der Waals surface area contributed by atoms with Gasteiger partial charge in [0.2, 0.25) is 0 Å². The van der Waals surface area contributed by atoms with E-state index in [-0.39, 0.29) is 11.8 Å². The molecule has 0 radical (unpaired) electrons. The molecule has 2 amide bonds. The summed E-state index contributed by atoms with van der Waals surface area (Å²) < 4.78 is 5.14. The zero-order valence-corrected chi connectivity index (χ0v) is 16.2. The predicted molar refractivity (Wildman–Crippen MR) is 105 cm³/mol. The summed E-state index contributed by atoms with van der Waals surface area (Å²) in [6.07, 6.45) is 0.776. The van der Waals surface area contributed by atoms with Crippen LogP contribution in [0, 0.1) is 13.8 Å². The summed E-state index contributed by atoms with van der Waals surface area (Å²) in [5, 5.41) is 0. The van der Waals surface area contributed by atoms with Crippen LogP contribution in [0.5, 0.6) is 5.75 Å². The molecule has 1 aliphatic heterocycles. The van der Waals surface area contributed by atoms with Gasteiger partial charge >= 0.3 is 0 Å². The first-order valence-electron chi connectivity index (χ1n) is 9.29. The van der Waals surface area contributed by atoms with E-state index < -0.39 is 0 Å². The fraction of sp³-hybridized carbons (Fsp3) is 0.364. The number of benzene rings is 2. The first-order valence-corrected chi connectivity index (χ1v) is 9.29. The lowest BCUT2D eigenvalue weighted by Crippen LogP contribution is -2.37. The van der Waals surface area contributed by atoms with E-state index in [1.807, 2.05) is 41.8 Å². The van der Waals surface area contributed by atoms with Gasteiger partial charge in [-0.3, -0.25) is 9.59 Å². The molecule has 142 valence electrons. The summed E-state index contributed by atoms with van der Waals surface area (Å²) >= 11 is 0. The highest BCUT2D eigenvalue weighted by Gasteiger charge is 2.24. The standard InChI is InChI=1S/C22H26N2O3/c1-16-5-10-20(17(2)15-16)22(26)24-12-4-11-23(13-14-24)21(25)18-6-8-19(27-3)9-7-18/h5-10,15H,4,11-14H2,1-3H3. The maximum absolute atomic E-state index is 12.9. The predicted octanol–water partition coefficient (Wildman–Crippen LogP) is 3.30. The highest BCUT2D eigenvalue weighted by Crippen LogP contribution is 2.17. The molecule has 0 saturated carbocycles. The van der Waals surface area contributed by atoms with E-state index in [0.717, 1.165) is 28.9 Å². The quantitative estimate of drug-likeness (QED) is 0.837. The molecule has 0 unspecified atom stereocenters. The van der Waals surface area contributed by atoms with Gasteiger partial charge in [0, 0.05) is 37.3 Å². The van der Waals surface area contributed by atoms with E-state index in [4.69, 9.17) is 4.74 Å². The van der Waals surface area contributed by atoms with Crippen LogP contribution in [-0.4, -0.2) is 54.9 Å². The Hall–Kier alpha value is -2.82. The maximum atomic E-state index is 12.9. The van der Waals surface area contributed by atoms with Crippen LogP contribution in [-0.2, 0) is 0 Å². The first-order chi connectivity index (χ1) is 13.0. The van der Waals surface area contributed by atoms with Crippen LogP contribution in [0.2, 0.25) is 0 Å². The van der Waals surface area contributed by atoms with Crippen LogP contribution in [0.15, 0.2) is 42.5 Å². The van der Waals surface area contributed by atoms with Crippen LogP contribution in [0.25, 0.3) is 0 Å². The monoisotopic (exact) mass is 366 g/mol. The molecule has 0 bridgehead atoms. The Morgan fingerprint density at radius 1 is 0.852 bits per heavy atom. The zero-order valence-electron chi connectivity index (χ0n) is 16.2. The Bertz CT molecular complexity index is 830. The molecule has 0 spiro atoms. The zero-order chi connectivity index (χ0) is 19.4. The average molecular weight is 366 g/mol. The Kier molecular flexibility index (Phi) is 5.79. The van der Waals surface area contributed by atoms with Gasteiger partial charge in [-0.1, -0.05) is 17.7 Å². The largest absolute Gasteiger partial charge is 0.497 e. The van der Waals surface area contributed by atoms with Gasteiger partial charge in [-0.15, -0.1) is 0 Å². The molecule has 5 nitrogen and oxygen atoms in total. The lowest BCUT2D eigenvalue weighted by atomic mass is 10.0. The van der Waals surface area contributed by atoms with Crippen LogP contribution < -0.4 is 4.74 Å². The number of rotatable bonds is 3. The summed E-state index contributed by atoms with van der Waals surface area (Å²) in [4.78, 5) is 29.4. The van der Waals surface area contributed by atoms with Crippen molar-refractivity contribution < 1.29 is 14.3 Å². The number of hydrogen-bond acceptors (Lipinski definition) is 3. The minimum Gasteiger partial charge on any atom is -0.497 e. The molecule has 27 heavy (non-hydrogen) atoms. The van der Waals surface area contributed by atoms with E-state index in [0.29, 0.717) is 31.7 Å². The molecule has 1 fully saturated rings. The third-order valence-corrected chi connectivity index (χ3v) is 5.02. The number of methoxy groups -OCH3 is 1. The molecule has 2 aromatic carbocycles. The second-order valence-corrected chi connectivity index (χ2v) is 6.98. The van der Waals surface area contributed by atoms with E-state index in [1.54, 1.807) is 31.4 Å². The fourth-order valence-electron chi connectivity index (χ4n) is 3.46. The minimum absolute atomic E-state index is 0.00142. The van der Waals surface area contributed by atoms with Crippen molar-refractivity contribution >= 4 is 11.8 Å². The molecule has 0 atom stereocenters. The molecule has 0 N–H and O–H groups in total. The Balaban J connectivity index is 1.67. The minimum atomic E-state index is -0.00142. The van der Waals surface area contributed by atoms with Gasteiger partial charge in [-0.05, 0) is 56.2 Å². The van der Waals surface area contributed by atoms with Crippen molar-refractivity contribution in [3.05, 3.63) is 64.7 Å². The number of amides is 2. The molecule has 1 saturated heterocycles. The Morgan fingerprint density at radius 3 is 2.07 bits per heavy atom. The van der Waals surface area contributed by atoms with Crippen molar-refractivity contribution in [1.29, 1.82) is 0 Å². The van der Waals surface area contributed by atoms with Gasteiger partial charge in [-0.25, -0.2) is 0 Å². The lowest BCUT2D eigenvalue weighted by molar-refractivity contribution is 0.0718. The third kappa shape index (κ3) is 4.30. The fourth-order valence-corrected chi connectivity index (χ4v) is 3.46. The number of carbonyl (C=O) groups is 2. The van der Waals surface area contributed by atoms with Crippen molar-refractivity contribution in [2.24, 2.45) is 0 Å². The van der Waals surface area contributed by atoms with Gasteiger partial charge in [0.05, 0.1) is 7.11 Å². The molecule has 2 aromatic rings. The van der Waals surface area contributed by atoms with Crippen molar-refractivity contribution in [3.8, 4) is 5.75 Å². The van der Waals surface area contributed by atoms with E-state index >= 15 is 0 Å². The molecule has 5 heteroatoms. The third-order valence-electron chi connectivity index (χ3n) is 5.02. The van der Waals surface area contributed by atoms with Crippen molar-refractivity contribution in [1.82, 2.24) is 9.80 Å². The summed E-state index contributed by atoms with van der Waals surface area (Å²) in [5.74, 6) is 0.775. The number of aryl methyl sites for hydroxylation is 2. The average Bonchev–Trinajstić information content (AvgIpc) is 2.93. The van der Waals surface area contributed by atoms with Crippen LogP contribution >= 0.6 is 0 Å². The van der Waals surface area contributed by atoms with Crippen molar-refractivity contribution in [3.63, 3.8) is 0 Å². The second-order valence-electron chi connectivity index (χ2n) is 6.98. The van der Waals surface area contributed by atoms with Gasteiger partial charge in [0.15, 0.2) is 0 Å². The molecular formula is C22H26N2O3. The smallest absolute Gasteiger partial charge is 0.254 e. The second kappa shape index (κ2) is 8.25. The number of hydrogen-bond donors (Lipinski definition) is 0. The summed E-state index contributed by atoms with van der Waals surface area (Å²) in [6, 6.07) is 13.1. The number of carbonyl (C=O) groups excluding carboxylic acids is 2. The van der Waals surface area contributed by atoms with Gasteiger partial charge in [0.1, 0.15) is 5.75 Å². The molecule has 1 heterocycles. The van der Waals surface area contributed by atoms with Crippen LogP contribution in [0.4, 0.5) is 0 Å². The van der Waals surface area contributed by atoms with Crippen molar-refractivity contribution in [2.75, 3.05) is 33.3 Å². The van der Waals surface area contributed by atoms with Crippen molar-refractivity contribution in [2.45, 2.75) is 20.3 Å². The molecule has 0 aromatic heterocycles. The highest BCUT2D eigenvalue weighted by molar-refractivity contribution is 5.96. The van der Waals surface area contributed by atoms with Gasteiger partial charge in [-0.2, -0.15) is 0 Å². The first kappa shape index (κ1) is 19.0. The van der Waals surface area contributed by atoms with E-state index in [2.05, 4.69) is 0 Å². The molecule has 0 aliphatic carbocycles. The normalized spacial score (nSPS) is 14.6. The molecular weight excluding hydrogens is 340 g/mol. The maximum Gasteiger partial charge on any atom is 0.254 e. The number of nitrogens with zero attached hydrogens (tertiary/aromatic N) is 2. The van der Waals surface area contributed by atoms with E-state index in [1.165, 1.54) is 0 Å². The summed E-state index contributed by atoms with van der Waals surface area (Å²) in [6.45, 7) is 6.41. The van der Waals surface area contributed by atoms with E-state index in [9.17, 15) is 9.59 Å². The SMILES string of the molecule is COc1ccc(C(=O)N2CCCN(C(=O)c3ccc(C)cc3C)CC2)cc1. The summed E-state index contributed by atoms with van der Waals surface area (Å²) in [5.41, 5.74) is 3.53. The topological polar surface area (TPSA) is 49.9 Å². The Labute approximate surface area is 160 Å². The molecule has 1 aliphatic rings. The highest BCUT2D eigenvalue weighted by atomic mass is 16.5. The summed E-state index contributed by atoms with van der Waals surface area (Å²) in [7, 11) is 1.60. The lowest BCUT2D eigenvalue weighted by Gasteiger charge is -2.23.